The summed E-state index contributed by atoms with van der Waals surface area (Å²) in [5, 5.41) is 0. The summed E-state index contributed by atoms with van der Waals surface area (Å²) in [7, 11) is 0. The van der Waals surface area contributed by atoms with Crippen LogP contribution in [0.25, 0.3) is 11.3 Å². The molecule has 2 N–H and O–H groups in total. The fraction of sp³-hybridized carbons (Fsp3) is 0.438. The first-order valence-corrected chi connectivity index (χ1v) is 7.98. The highest BCUT2D eigenvalue weighted by Gasteiger charge is 2.31. The van der Waals surface area contributed by atoms with E-state index in [-0.39, 0.29) is 11.6 Å². The van der Waals surface area contributed by atoms with Gasteiger partial charge in [0, 0.05) is 23.7 Å². The number of nitrogens with two attached hydrogens (primary N) is 1. The van der Waals surface area contributed by atoms with Crippen LogP contribution in [-0.4, -0.2) is 40.8 Å². The van der Waals surface area contributed by atoms with Crippen LogP contribution in [0.5, 0.6) is 5.75 Å². The Hall–Kier alpha value is -2.58. The number of hydrogen-bond acceptors (Lipinski definition) is 6. The van der Waals surface area contributed by atoms with Crippen molar-refractivity contribution in [2.24, 2.45) is 0 Å². The van der Waals surface area contributed by atoms with Crippen molar-refractivity contribution in [2.75, 3.05) is 23.7 Å². The lowest BCUT2D eigenvalue weighted by atomic mass is 10.1. The molecule has 132 valence electrons. The monoisotopic (exact) mass is 351 g/mol. The van der Waals surface area contributed by atoms with E-state index in [0.29, 0.717) is 41.9 Å². The number of alkyl halides is 3. The molecule has 1 aliphatic heterocycles. The molecule has 2 fully saturated rings. The lowest BCUT2D eigenvalue weighted by molar-refractivity contribution is -0.0494. The molecule has 0 amide bonds. The minimum Gasteiger partial charge on any atom is -0.431 e. The Morgan fingerprint density at radius 2 is 1.96 bits per heavy atom. The molecule has 0 aromatic carbocycles. The van der Waals surface area contributed by atoms with E-state index in [2.05, 4.69) is 19.7 Å². The molecule has 2 aromatic rings. The van der Waals surface area contributed by atoms with Crippen LogP contribution in [0.2, 0.25) is 0 Å². The number of pyridine rings is 1. The zero-order chi connectivity index (χ0) is 17.6. The SMILES string of the molecule is Nc1ncc(-c2cc(N3CC(F)C3)nc(C3CC3)n2)cc1OC(F)F. The summed E-state index contributed by atoms with van der Waals surface area (Å²) < 4.78 is 42.6. The quantitative estimate of drug-likeness (QED) is 0.893. The van der Waals surface area contributed by atoms with Gasteiger partial charge in [-0.3, -0.25) is 0 Å². The number of aromatic nitrogens is 3. The Balaban J connectivity index is 1.71. The van der Waals surface area contributed by atoms with Gasteiger partial charge in [0.2, 0.25) is 0 Å². The van der Waals surface area contributed by atoms with Gasteiger partial charge in [-0.05, 0) is 18.9 Å². The summed E-state index contributed by atoms with van der Waals surface area (Å²) in [4.78, 5) is 14.8. The van der Waals surface area contributed by atoms with Crippen molar-refractivity contribution in [3.8, 4) is 17.0 Å². The molecule has 0 radical (unpaired) electrons. The largest absolute Gasteiger partial charge is 0.431 e. The zero-order valence-electron chi connectivity index (χ0n) is 13.2. The topological polar surface area (TPSA) is 77.2 Å². The van der Waals surface area contributed by atoms with Gasteiger partial charge in [-0.25, -0.2) is 19.3 Å². The second-order valence-electron chi connectivity index (χ2n) is 6.23. The van der Waals surface area contributed by atoms with Gasteiger partial charge in [-0.2, -0.15) is 8.78 Å². The fourth-order valence-corrected chi connectivity index (χ4v) is 2.68. The number of halogens is 3. The molecule has 2 aliphatic rings. The number of hydrogen-bond donors (Lipinski definition) is 1. The summed E-state index contributed by atoms with van der Waals surface area (Å²) in [6.45, 7) is -2.41. The molecule has 0 spiro atoms. The number of rotatable bonds is 5. The molecule has 1 saturated carbocycles. The van der Waals surface area contributed by atoms with Crippen LogP contribution < -0.4 is 15.4 Å². The fourth-order valence-electron chi connectivity index (χ4n) is 2.68. The zero-order valence-corrected chi connectivity index (χ0v) is 13.2. The minimum absolute atomic E-state index is 0.122. The highest BCUT2D eigenvalue weighted by atomic mass is 19.3. The highest BCUT2D eigenvalue weighted by Crippen LogP contribution is 2.40. The van der Waals surface area contributed by atoms with Gasteiger partial charge < -0.3 is 15.4 Å². The normalized spacial score (nSPS) is 17.7. The van der Waals surface area contributed by atoms with Crippen molar-refractivity contribution in [1.82, 2.24) is 15.0 Å². The van der Waals surface area contributed by atoms with E-state index in [1.54, 1.807) is 6.07 Å². The van der Waals surface area contributed by atoms with Gasteiger partial charge in [0.25, 0.3) is 0 Å². The molecular weight excluding hydrogens is 335 g/mol. The van der Waals surface area contributed by atoms with E-state index < -0.39 is 12.8 Å². The van der Waals surface area contributed by atoms with E-state index in [1.807, 2.05) is 4.90 Å². The molecule has 2 aromatic heterocycles. The molecule has 4 rings (SSSR count). The first-order chi connectivity index (χ1) is 12.0. The summed E-state index contributed by atoms with van der Waals surface area (Å²) in [6, 6.07) is 3.09. The standard InChI is InChI=1S/C16H16F3N5O/c17-10-6-24(7-10)13-4-11(22-15(23-13)8-1-2-8)9-3-12(25-16(18)19)14(20)21-5-9/h3-5,8,10,16H,1-2,6-7H2,(H2,20,21). The molecule has 0 unspecified atom stereocenters. The average molecular weight is 351 g/mol. The van der Waals surface area contributed by atoms with Crippen LogP contribution in [0.1, 0.15) is 24.6 Å². The summed E-state index contributed by atoms with van der Waals surface area (Å²) in [5.41, 5.74) is 6.60. The van der Waals surface area contributed by atoms with Gasteiger partial charge in [0.05, 0.1) is 18.8 Å². The van der Waals surface area contributed by atoms with E-state index >= 15 is 0 Å². The molecule has 1 saturated heterocycles. The van der Waals surface area contributed by atoms with E-state index in [4.69, 9.17) is 5.73 Å². The lowest BCUT2D eigenvalue weighted by Gasteiger charge is -2.35. The van der Waals surface area contributed by atoms with Gasteiger partial charge in [0.1, 0.15) is 17.8 Å². The first kappa shape index (κ1) is 15.9. The van der Waals surface area contributed by atoms with Crippen molar-refractivity contribution in [1.29, 1.82) is 0 Å². The van der Waals surface area contributed by atoms with Crippen molar-refractivity contribution in [3.05, 3.63) is 24.2 Å². The molecule has 0 bridgehead atoms. The number of nitrogen functional groups attached to an aromatic ring is 1. The number of anilines is 2. The predicted octanol–water partition coefficient (Wildman–Crippen LogP) is 2.76. The van der Waals surface area contributed by atoms with Crippen LogP contribution in [0.3, 0.4) is 0 Å². The minimum atomic E-state index is -3.00. The predicted molar refractivity (Wildman–Crippen MR) is 85.4 cm³/mol. The average Bonchev–Trinajstić information content (AvgIpc) is 3.38. The van der Waals surface area contributed by atoms with Crippen LogP contribution in [0, 0.1) is 0 Å². The Morgan fingerprint density at radius 1 is 1.20 bits per heavy atom. The third-order valence-electron chi connectivity index (χ3n) is 4.23. The van der Waals surface area contributed by atoms with E-state index in [0.717, 1.165) is 12.8 Å². The van der Waals surface area contributed by atoms with Crippen molar-refractivity contribution in [2.45, 2.75) is 31.5 Å². The van der Waals surface area contributed by atoms with Gasteiger partial charge in [0.15, 0.2) is 11.6 Å². The second kappa shape index (κ2) is 6.05. The van der Waals surface area contributed by atoms with Crippen LogP contribution >= 0.6 is 0 Å². The van der Waals surface area contributed by atoms with Gasteiger partial charge in [-0.15, -0.1) is 0 Å². The Morgan fingerprint density at radius 3 is 2.60 bits per heavy atom. The molecule has 1 aliphatic carbocycles. The maximum Gasteiger partial charge on any atom is 0.387 e. The molecule has 3 heterocycles. The Labute approximate surface area is 141 Å². The highest BCUT2D eigenvalue weighted by molar-refractivity contribution is 5.67. The second-order valence-corrected chi connectivity index (χ2v) is 6.23. The van der Waals surface area contributed by atoms with Crippen LogP contribution in [-0.2, 0) is 0 Å². The Kier molecular flexibility index (Phi) is 3.85. The van der Waals surface area contributed by atoms with Crippen molar-refractivity contribution >= 4 is 11.6 Å². The van der Waals surface area contributed by atoms with Crippen LogP contribution in [0.4, 0.5) is 24.8 Å². The molecular formula is C16H16F3N5O. The third kappa shape index (κ3) is 3.31. The summed E-state index contributed by atoms with van der Waals surface area (Å²) in [6.07, 6.45) is 2.61. The van der Waals surface area contributed by atoms with Crippen LogP contribution in [0.15, 0.2) is 18.3 Å². The first-order valence-electron chi connectivity index (χ1n) is 7.98. The van der Waals surface area contributed by atoms with E-state index in [9.17, 15) is 13.2 Å². The summed E-state index contributed by atoms with van der Waals surface area (Å²) in [5.74, 6) is 1.29. The van der Waals surface area contributed by atoms with Gasteiger partial charge >= 0.3 is 6.61 Å². The van der Waals surface area contributed by atoms with Gasteiger partial charge in [-0.1, -0.05) is 0 Å². The van der Waals surface area contributed by atoms with Crippen molar-refractivity contribution in [3.63, 3.8) is 0 Å². The lowest BCUT2D eigenvalue weighted by Crippen LogP contribution is -2.49. The maximum absolute atomic E-state index is 13.2. The maximum atomic E-state index is 13.2. The molecule has 6 nitrogen and oxygen atoms in total. The Bertz CT molecular complexity index is 793. The summed E-state index contributed by atoms with van der Waals surface area (Å²) >= 11 is 0. The molecule has 25 heavy (non-hydrogen) atoms. The third-order valence-corrected chi connectivity index (χ3v) is 4.23. The molecule has 0 atom stereocenters. The number of nitrogens with zero attached hydrogens (tertiary/aromatic N) is 4. The molecule has 9 heteroatoms. The van der Waals surface area contributed by atoms with Crippen molar-refractivity contribution < 1.29 is 17.9 Å². The smallest absolute Gasteiger partial charge is 0.387 e. The number of ether oxygens (including phenoxy) is 1. The van der Waals surface area contributed by atoms with E-state index in [1.165, 1.54) is 12.3 Å².